The minimum Gasteiger partial charge on any atom is -0.394 e. The largest absolute Gasteiger partial charge is 0.394 e. The summed E-state index contributed by atoms with van der Waals surface area (Å²) < 4.78 is 10.5. The van der Waals surface area contributed by atoms with Crippen molar-refractivity contribution >= 4 is 0 Å². The van der Waals surface area contributed by atoms with Gasteiger partial charge in [0.05, 0.1) is 33.0 Å². The Kier molecular flexibility index (Phi) is 11.9. The molecule has 4 nitrogen and oxygen atoms in total. The molecule has 0 spiro atoms. The molecule has 0 atom stereocenters. The Labute approximate surface area is 98.2 Å². The average Bonchev–Trinajstić information content (AvgIpc) is 2.28. The molecule has 0 aliphatic carbocycles. The standard InChI is InChI=1S/C12H23NO3/c1-3-5-13(6-4-2)7-9-15-11-12-16-10-8-14/h3-4,14H,1-2,5-12H2. The van der Waals surface area contributed by atoms with Crippen molar-refractivity contribution in [2.45, 2.75) is 0 Å². The molecule has 0 saturated heterocycles. The highest BCUT2D eigenvalue weighted by Gasteiger charge is 1.99. The Hall–Kier alpha value is -0.680. The summed E-state index contributed by atoms with van der Waals surface area (Å²) in [7, 11) is 0. The first-order valence-corrected chi connectivity index (χ1v) is 5.55. The predicted octanol–water partition coefficient (Wildman–Crippen LogP) is 0.686. The normalized spacial score (nSPS) is 10.6. The summed E-state index contributed by atoms with van der Waals surface area (Å²) >= 11 is 0. The van der Waals surface area contributed by atoms with E-state index in [0.29, 0.717) is 26.4 Å². The Morgan fingerprint density at radius 3 is 2.00 bits per heavy atom. The zero-order valence-electron chi connectivity index (χ0n) is 9.94. The average molecular weight is 229 g/mol. The molecule has 94 valence electrons. The predicted molar refractivity (Wildman–Crippen MR) is 65.6 cm³/mol. The van der Waals surface area contributed by atoms with E-state index >= 15 is 0 Å². The number of hydrogen-bond acceptors (Lipinski definition) is 4. The van der Waals surface area contributed by atoms with Crippen molar-refractivity contribution in [2.24, 2.45) is 0 Å². The van der Waals surface area contributed by atoms with Crippen LogP contribution in [0.5, 0.6) is 0 Å². The first-order chi connectivity index (χ1) is 7.85. The molecule has 0 amide bonds. The SMILES string of the molecule is C=CCN(CC=C)CCOCCOCCO. The monoisotopic (exact) mass is 229 g/mol. The van der Waals surface area contributed by atoms with Gasteiger partial charge in [-0.2, -0.15) is 0 Å². The second-order valence-electron chi connectivity index (χ2n) is 3.29. The van der Waals surface area contributed by atoms with Crippen LogP contribution in [0.2, 0.25) is 0 Å². The van der Waals surface area contributed by atoms with E-state index in [-0.39, 0.29) is 6.61 Å². The topological polar surface area (TPSA) is 41.9 Å². The molecule has 4 heteroatoms. The van der Waals surface area contributed by atoms with Crippen LogP contribution >= 0.6 is 0 Å². The van der Waals surface area contributed by atoms with Crippen molar-refractivity contribution in [2.75, 3.05) is 52.7 Å². The molecule has 0 unspecified atom stereocenters. The number of aliphatic hydroxyl groups excluding tert-OH is 1. The van der Waals surface area contributed by atoms with Gasteiger partial charge in [-0.25, -0.2) is 0 Å². The molecule has 0 aromatic rings. The molecule has 1 N–H and O–H groups in total. The van der Waals surface area contributed by atoms with Gasteiger partial charge in [0.2, 0.25) is 0 Å². The summed E-state index contributed by atoms with van der Waals surface area (Å²) in [4.78, 5) is 2.19. The third kappa shape index (κ3) is 9.86. The van der Waals surface area contributed by atoms with Crippen LogP contribution in [0.3, 0.4) is 0 Å². The lowest BCUT2D eigenvalue weighted by molar-refractivity contribution is 0.0280. The number of nitrogens with zero attached hydrogens (tertiary/aromatic N) is 1. The summed E-state index contributed by atoms with van der Waals surface area (Å²) in [5, 5.41) is 8.47. The molecular formula is C12H23NO3. The van der Waals surface area contributed by atoms with Crippen LogP contribution in [0.25, 0.3) is 0 Å². The van der Waals surface area contributed by atoms with Crippen molar-refractivity contribution in [3.05, 3.63) is 25.3 Å². The van der Waals surface area contributed by atoms with Crippen molar-refractivity contribution in [3.63, 3.8) is 0 Å². The Balaban J connectivity index is 3.32. The maximum Gasteiger partial charge on any atom is 0.0701 e. The fraction of sp³-hybridized carbons (Fsp3) is 0.667. The van der Waals surface area contributed by atoms with E-state index in [9.17, 15) is 0 Å². The molecule has 0 heterocycles. The lowest BCUT2D eigenvalue weighted by Crippen LogP contribution is -2.28. The summed E-state index contributed by atoms with van der Waals surface area (Å²) in [5.41, 5.74) is 0. The fourth-order valence-corrected chi connectivity index (χ4v) is 1.20. The first-order valence-electron chi connectivity index (χ1n) is 5.55. The molecule has 0 bridgehead atoms. The Morgan fingerprint density at radius 1 is 0.938 bits per heavy atom. The minimum absolute atomic E-state index is 0.0620. The third-order valence-corrected chi connectivity index (χ3v) is 1.93. The van der Waals surface area contributed by atoms with E-state index in [4.69, 9.17) is 14.6 Å². The van der Waals surface area contributed by atoms with Gasteiger partial charge in [0.1, 0.15) is 0 Å². The lowest BCUT2D eigenvalue weighted by Gasteiger charge is -2.18. The van der Waals surface area contributed by atoms with Crippen LogP contribution in [0.1, 0.15) is 0 Å². The number of ether oxygens (including phenoxy) is 2. The maximum atomic E-state index is 8.47. The van der Waals surface area contributed by atoms with Crippen LogP contribution in [-0.2, 0) is 9.47 Å². The van der Waals surface area contributed by atoms with Crippen LogP contribution in [0.4, 0.5) is 0 Å². The highest BCUT2D eigenvalue weighted by molar-refractivity contribution is 4.79. The van der Waals surface area contributed by atoms with Gasteiger partial charge in [-0.15, -0.1) is 13.2 Å². The molecule has 0 fully saturated rings. The maximum absolute atomic E-state index is 8.47. The molecule has 0 aliphatic rings. The van der Waals surface area contributed by atoms with Crippen LogP contribution < -0.4 is 0 Å². The molecule has 0 saturated carbocycles. The summed E-state index contributed by atoms with van der Waals surface area (Å²) in [5.74, 6) is 0. The van der Waals surface area contributed by atoms with Gasteiger partial charge in [0.25, 0.3) is 0 Å². The van der Waals surface area contributed by atoms with Crippen molar-refractivity contribution in [3.8, 4) is 0 Å². The lowest BCUT2D eigenvalue weighted by atomic mass is 10.4. The molecule has 0 aromatic carbocycles. The van der Waals surface area contributed by atoms with Gasteiger partial charge < -0.3 is 14.6 Å². The van der Waals surface area contributed by atoms with Crippen LogP contribution in [0.15, 0.2) is 25.3 Å². The van der Waals surface area contributed by atoms with E-state index < -0.39 is 0 Å². The van der Waals surface area contributed by atoms with Crippen LogP contribution in [0, 0.1) is 0 Å². The Morgan fingerprint density at radius 2 is 1.50 bits per heavy atom. The van der Waals surface area contributed by atoms with Gasteiger partial charge >= 0.3 is 0 Å². The van der Waals surface area contributed by atoms with E-state index in [0.717, 1.165) is 19.6 Å². The van der Waals surface area contributed by atoms with Crippen molar-refractivity contribution in [1.82, 2.24) is 4.90 Å². The van der Waals surface area contributed by atoms with E-state index in [2.05, 4.69) is 18.1 Å². The second-order valence-corrected chi connectivity index (χ2v) is 3.29. The van der Waals surface area contributed by atoms with Crippen molar-refractivity contribution < 1.29 is 14.6 Å². The first kappa shape index (κ1) is 15.3. The highest BCUT2D eigenvalue weighted by atomic mass is 16.5. The number of aliphatic hydroxyl groups is 1. The number of rotatable bonds is 12. The summed E-state index contributed by atoms with van der Waals surface area (Å²) in [6, 6.07) is 0. The van der Waals surface area contributed by atoms with Crippen LogP contribution in [-0.4, -0.2) is 62.7 Å². The van der Waals surface area contributed by atoms with Crippen molar-refractivity contribution in [1.29, 1.82) is 0 Å². The zero-order valence-corrected chi connectivity index (χ0v) is 9.94. The Bertz CT molecular complexity index is 164. The summed E-state index contributed by atoms with van der Waals surface area (Å²) in [6.45, 7) is 12.2. The zero-order chi connectivity index (χ0) is 12.1. The van der Waals surface area contributed by atoms with Gasteiger partial charge in [-0.3, -0.25) is 4.90 Å². The molecular weight excluding hydrogens is 206 g/mol. The minimum atomic E-state index is 0.0620. The quantitative estimate of drug-likeness (QED) is 0.395. The smallest absolute Gasteiger partial charge is 0.0701 e. The van der Waals surface area contributed by atoms with Gasteiger partial charge in [0.15, 0.2) is 0 Å². The summed E-state index contributed by atoms with van der Waals surface area (Å²) in [6.07, 6.45) is 3.74. The molecule has 0 aliphatic heterocycles. The van der Waals surface area contributed by atoms with E-state index in [1.54, 1.807) is 0 Å². The second kappa shape index (κ2) is 12.4. The highest BCUT2D eigenvalue weighted by Crippen LogP contribution is 1.89. The number of hydrogen-bond donors (Lipinski definition) is 1. The fourth-order valence-electron chi connectivity index (χ4n) is 1.20. The molecule has 0 aromatic heterocycles. The van der Waals surface area contributed by atoms with Gasteiger partial charge in [-0.05, 0) is 0 Å². The molecule has 0 radical (unpaired) electrons. The van der Waals surface area contributed by atoms with E-state index in [1.807, 2.05) is 12.2 Å². The third-order valence-electron chi connectivity index (χ3n) is 1.93. The van der Waals surface area contributed by atoms with Gasteiger partial charge in [-0.1, -0.05) is 12.2 Å². The van der Waals surface area contributed by atoms with E-state index in [1.165, 1.54) is 0 Å². The molecule has 0 rings (SSSR count). The molecule has 16 heavy (non-hydrogen) atoms. The van der Waals surface area contributed by atoms with Gasteiger partial charge in [0, 0.05) is 19.6 Å².